The Morgan fingerprint density at radius 3 is 1.20 bits per heavy atom. The van der Waals surface area contributed by atoms with Gasteiger partial charge >= 0.3 is 0 Å². The molecule has 0 bridgehead atoms. The van der Waals surface area contributed by atoms with Crippen molar-refractivity contribution in [3.63, 3.8) is 0 Å². The van der Waals surface area contributed by atoms with Crippen LogP contribution < -0.4 is 0 Å². The molecule has 2 heteroatoms. The monoisotopic (exact) mass is 667 g/mol. The van der Waals surface area contributed by atoms with E-state index in [9.17, 15) is 13.7 Å². The number of hydrogen-bond acceptors (Lipinski definition) is 0. The molecule has 0 saturated carbocycles. The zero-order valence-corrected chi connectivity index (χ0v) is 25.0. The number of rotatable bonds is 5. The van der Waals surface area contributed by atoms with Crippen molar-refractivity contribution in [3.8, 4) is 44.8 Å². The van der Waals surface area contributed by atoms with Crippen LogP contribution in [0.25, 0.3) is 88.4 Å². The number of para-hydroxylation sites is 2. The zero-order valence-electron chi connectivity index (χ0n) is 56.0. The van der Waals surface area contributed by atoms with Gasteiger partial charge in [-0.2, -0.15) is 0 Å². The summed E-state index contributed by atoms with van der Waals surface area (Å²) in [7, 11) is 0. The summed E-state index contributed by atoms with van der Waals surface area (Å²) in [6.45, 7) is 0. The van der Waals surface area contributed by atoms with E-state index in [4.69, 9.17) is 28.8 Å². The van der Waals surface area contributed by atoms with Gasteiger partial charge in [0.05, 0.1) is 64.6 Å². The predicted octanol–water partition coefficient (Wildman–Crippen LogP) is 12.9. The third-order valence-electron chi connectivity index (χ3n) is 7.81. The van der Waals surface area contributed by atoms with E-state index < -0.39 is 276 Å². The highest BCUT2D eigenvalue weighted by atomic mass is 15.0. The summed E-state index contributed by atoms with van der Waals surface area (Å²) in [4.78, 5) is 0. The van der Waals surface area contributed by atoms with Gasteiger partial charge in [0.25, 0.3) is 0 Å². The molecule has 0 radical (unpaired) electrons. The van der Waals surface area contributed by atoms with E-state index in [1.165, 1.54) is 0 Å². The van der Waals surface area contributed by atoms with Gasteiger partial charge in [-0.05, 0) is 93.8 Å². The molecule has 2 heterocycles. The highest BCUT2D eigenvalue weighted by molar-refractivity contribution is 6.12. The highest BCUT2D eigenvalue weighted by Gasteiger charge is 2.16. The molecule has 0 saturated heterocycles. The van der Waals surface area contributed by atoms with Crippen molar-refractivity contribution in [2.45, 2.75) is 0 Å². The van der Waals surface area contributed by atoms with Crippen LogP contribution in [0, 0.1) is 0 Å². The molecular formula is C48H32N2. The third kappa shape index (κ3) is 4.57. The second-order valence-electron chi connectivity index (χ2n) is 10.6. The Morgan fingerprint density at radius 1 is 0.280 bits per heavy atom. The van der Waals surface area contributed by atoms with E-state index in [2.05, 4.69) is 0 Å². The molecule has 2 aromatic heterocycles. The second kappa shape index (κ2) is 11.5. The van der Waals surface area contributed by atoms with Crippen molar-refractivity contribution < 1.29 is 42.5 Å². The Labute approximate surface area is 334 Å². The Kier molecular flexibility index (Phi) is 2.58. The van der Waals surface area contributed by atoms with E-state index in [0.29, 0.717) is 4.57 Å². The van der Waals surface area contributed by atoms with Crippen LogP contribution in [-0.2, 0) is 0 Å². The molecule has 8 aromatic carbocycles. The van der Waals surface area contributed by atoms with Gasteiger partial charge in [0.1, 0.15) is 0 Å². The lowest BCUT2D eigenvalue weighted by Crippen LogP contribution is -1.94. The summed E-state index contributed by atoms with van der Waals surface area (Å²) in [6, 6.07) is -27.6. The minimum atomic E-state index is -1.08. The van der Waals surface area contributed by atoms with Gasteiger partial charge in [-0.1, -0.05) is 133 Å². The van der Waals surface area contributed by atoms with Gasteiger partial charge < -0.3 is 9.13 Å². The van der Waals surface area contributed by atoms with Crippen LogP contribution in [-0.4, -0.2) is 9.13 Å². The Hall–Kier alpha value is -6.64. The molecule has 0 aliphatic heterocycles. The molecule has 2 nitrogen and oxygen atoms in total. The average Bonchev–Trinajstić information content (AvgIpc) is 4.10. The molecule has 0 fully saturated rings. The number of benzene rings is 8. The second-order valence-corrected chi connectivity index (χ2v) is 10.6. The lowest BCUT2D eigenvalue weighted by Gasteiger charge is -2.11. The average molecular weight is 668 g/mol. The van der Waals surface area contributed by atoms with Crippen molar-refractivity contribution in [2.24, 2.45) is 0 Å². The third-order valence-corrected chi connectivity index (χ3v) is 7.81. The topological polar surface area (TPSA) is 9.86 Å². The lowest BCUT2D eigenvalue weighted by molar-refractivity contribution is 1.18. The largest absolute Gasteiger partial charge is 0.309 e. The van der Waals surface area contributed by atoms with Crippen LogP contribution in [0.1, 0.15) is 42.5 Å². The molecule has 0 unspecified atom stereocenters. The maximum absolute atomic E-state index is 9.84. The molecule has 0 aliphatic carbocycles. The van der Waals surface area contributed by atoms with Crippen molar-refractivity contribution in [1.82, 2.24) is 9.13 Å². The van der Waals surface area contributed by atoms with Crippen molar-refractivity contribution in [3.05, 3.63) is 193 Å². The van der Waals surface area contributed by atoms with Gasteiger partial charge in [-0.25, -0.2) is 0 Å². The first kappa shape index (κ1) is 11.2. The Bertz CT molecular complexity index is 4560. The van der Waals surface area contributed by atoms with Crippen molar-refractivity contribution >= 4 is 43.6 Å². The molecule has 0 atom stereocenters. The van der Waals surface area contributed by atoms with E-state index in [1.54, 1.807) is 0 Å². The fourth-order valence-corrected chi connectivity index (χ4v) is 5.62. The normalized spacial score (nSPS) is 20.3. The SMILES string of the molecule is [2H]c1cc(-c2c([2H])c([2H])c([2H])c([2H])c2[2H])c([2H])c([2H])c1-n1c2c([2H])c([2H])c([2H])c([2H])c2c2c([2H])c(-c3c([2H])c([2H])c4c(c3[2H])c3c([2H])c([2H])c([2H])c([2H])c3n4-c3c([2H])c([2H])c(-c4c([2H])c([2H])c([2H])c([2H])c4[2H])c([2H])c3[2H])c([2H])c([2H])c21. The van der Waals surface area contributed by atoms with Gasteiger partial charge in [-0.15, -0.1) is 0 Å². The molecule has 50 heavy (non-hydrogen) atoms. The maximum atomic E-state index is 9.84. The highest BCUT2D eigenvalue weighted by Crippen LogP contribution is 2.38. The van der Waals surface area contributed by atoms with Gasteiger partial charge in [0, 0.05) is 32.9 Å². The Morgan fingerprint density at radius 2 is 0.660 bits per heavy atom. The maximum Gasteiger partial charge on any atom is 0.0645 e. The van der Waals surface area contributed by atoms with Crippen LogP contribution in [0.2, 0.25) is 0 Å². The van der Waals surface area contributed by atoms with E-state index in [0.717, 1.165) is 10.6 Å². The predicted molar refractivity (Wildman–Crippen MR) is 211 cm³/mol. The fraction of sp³-hybridized carbons (Fsp3) is 0. The van der Waals surface area contributed by atoms with Crippen LogP contribution in [0.4, 0.5) is 0 Å². The first-order chi connectivity index (χ1) is 37.7. The van der Waals surface area contributed by atoms with Gasteiger partial charge in [0.15, 0.2) is 0 Å². The smallest absolute Gasteiger partial charge is 0.0645 e. The minimum Gasteiger partial charge on any atom is -0.309 e. The standard InChI is InChI=1S/C48H32N2/c1-3-11-33(12-4-1)35-19-25-39(26-20-35)49-45-17-9-7-15-41(45)43-31-37(23-29-47(43)49)38-24-30-48-44(32-38)42-16-8-10-18-46(42)50(48)40-27-21-36(22-28-40)34-13-5-2-6-14-34/h1-32H/i1D,2D,3D,4D,5D,6D,7D,8D,9D,10D,11D,12D,13D,14D,15D,16D,17D,18D,19D,20D,21D,23D,24D,25D,26D,27D,28D,29D,30D,31D,32D. The van der Waals surface area contributed by atoms with Crippen molar-refractivity contribution in [2.75, 3.05) is 0 Å². The van der Waals surface area contributed by atoms with E-state index in [-0.39, 0.29) is 0 Å². The number of nitrogens with zero attached hydrogens (tertiary/aromatic N) is 2. The summed E-state index contributed by atoms with van der Waals surface area (Å²) < 4.78 is 278. The van der Waals surface area contributed by atoms with E-state index in [1.807, 2.05) is 0 Å². The molecular weight excluding hydrogens is 605 g/mol. The fourth-order valence-electron chi connectivity index (χ4n) is 5.62. The minimum absolute atomic E-state index is 0.494. The molecule has 10 aromatic rings. The molecule has 0 amide bonds. The number of hydrogen-bond donors (Lipinski definition) is 0. The lowest BCUT2D eigenvalue weighted by atomic mass is 10.0. The molecule has 0 spiro atoms. The van der Waals surface area contributed by atoms with Gasteiger partial charge in [-0.3, -0.25) is 0 Å². The van der Waals surface area contributed by atoms with Crippen LogP contribution in [0.3, 0.4) is 0 Å². The first-order valence-electron chi connectivity index (χ1n) is 30.2. The van der Waals surface area contributed by atoms with Crippen LogP contribution in [0.5, 0.6) is 0 Å². The van der Waals surface area contributed by atoms with Crippen molar-refractivity contribution in [1.29, 1.82) is 0 Å². The summed E-state index contributed by atoms with van der Waals surface area (Å²) in [6.07, 6.45) is 0. The first-order valence-corrected chi connectivity index (χ1v) is 14.7. The van der Waals surface area contributed by atoms with Gasteiger partial charge in [0.2, 0.25) is 0 Å². The molecule has 234 valence electrons. The van der Waals surface area contributed by atoms with Crippen LogP contribution >= 0.6 is 0 Å². The van der Waals surface area contributed by atoms with E-state index >= 15 is 0 Å². The number of aromatic nitrogens is 2. The number of fused-ring (bicyclic) bond motifs is 6. The summed E-state index contributed by atoms with van der Waals surface area (Å²) in [5.41, 5.74) is -8.46. The summed E-state index contributed by atoms with van der Waals surface area (Å²) in [5.74, 6) is 0. The quantitative estimate of drug-likeness (QED) is 0.173. The summed E-state index contributed by atoms with van der Waals surface area (Å²) >= 11 is 0. The molecule has 0 aliphatic rings. The molecule has 10 rings (SSSR count). The van der Waals surface area contributed by atoms with Crippen LogP contribution in [0.15, 0.2) is 193 Å². The zero-order chi connectivity index (χ0) is 60.0. The summed E-state index contributed by atoms with van der Waals surface area (Å²) in [5, 5.41) is -2.48. The Balaban J connectivity index is 1.35. The molecule has 0 N–H and O–H groups in total.